The molecule has 0 saturated heterocycles. The highest BCUT2D eigenvalue weighted by atomic mass is 32.2. The van der Waals surface area contributed by atoms with Crippen LogP contribution in [-0.2, 0) is 9.84 Å². The fraction of sp³-hybridized carbons (Fsp3) is 0.455. The first-order chi connectivity index (χ1) is 8.54. The number of nitrogens with one attached hydrogen (secondary N) is 1. The number of carbonyl (C=O) groups excluding carboxylic acids is 1. The second-order valence-corrected chi connectivity index (χ2v) is 7.56. The number of aromatic nitrogens is 1. The monoisotopic (exact) mass is 286 g/mol. The molecule has 0 radical (unpaired) electrons. The van der Waals surface area contributed by atoms with Crippen molar-refractivity contribution in [3.63, 3.8) is 0 Å². The van der Waals surface area contributed by atoms with Gasteiger partial charge in [0.1, 0.15) is 5.82 Å². The van der Waals surface area contributed by atoms with Crippen molar-refractivity contribution in [2.45, 2.75) is 18.6 Å². The van der Waals surface area contributed by atoms with Crippen LogP contribution in [-0.4, -0.2) is 36.9 Å². The number of nitrogens with two attached hydrogens (primary N) is 2. The lowest BCUT2D eigenvalue weighted by molar-refractivity contribution is 0.100. The SMILES string of the molecule is CC(C)(CNc1cc(C(N)=O)c(N)cn1)S(C)(=O)=O. The summed E-state index contributed by atoms with van der Waals surface area (Å²) in [5, 5.41) is 2.86. The second kappa shape index (κ2) is 5.04. The molecular formula is C11H18N4O3S. The van der Waals surface area contributed by atoms with Crippen molar-refractivity contribution in [3.8, 4) is 0 Å². The van der Waals surface area contributed by atoms with Crippen LogP contribution in [0.2, 0.25) is 0 Å². The van der Waals surface area contributed by atoms with Crippen LogP contribution in [0.25, 0.3) is 0 Å². The van der Waals surface area contributed by atoms with Crippen LogP contribution < -0.4 is 16.8 Å². The standard InChI is InChI=1S/C11H18N4O3S/c1-11(2,19(3,17)18)6-15-9-4-7(10(13)16)8(12)5-14-9/h4-5H,6,12H2,1-3H3,(H2,13,16)(H,14,15). The van der Waals surface area contributed by atoms with Crippen LogP contribution in [0.4, 0.5) is 11.5 Å². The topological polar surface area (TPSA) is 128 Å². The number of primary amides is 1. The summed E-state index contributed by atoms with van der Waals surface area (Å²) < 4.78 is 22.1. The largest absolute Gasteiger partial charge is 0.397 e. The summed E-state index contributed by atoms with van der Waals surface area (Å²) in [4.78, 5) is 15.1. The lowest BCUT2D eigenvalue weighted by atomic mass is 10.2. The lowest BCUT2D eigenvalue weighted by Crippen LogP contribution is -2.38. The highest BCUT2D eigenvalue weighted by Crippen LogP contribution is 2.18. The summed E-state index contributed by atoms with van der Waals surface area (Å²) in [6.45, 7) is 3.35. The molecule has 0 aliphatic heterocycles. The van der Waals surface area contributed by atoms with E-state index in [1.165, 1.54) is 18.5 Å². The zero-order valence-corrected chi connectivity index (χ0v) is 11.9. The van der Waals surface area contributed by atoms with Crippen LogP contribution in [0.3, 0.4) is 0 Å². The molecule has 1 aromatic heterocycles. The Hall–Kier alpha value is -1.83. The summed E-state index contributed by atoms with van der Waals surface area (Å²) in [5.41, 5.74) is 11.0. The van der Waals surface area contributed by atoms with Gasteiger partial charge in [-0.3, -0.25) is 4.79 Å². The van der Waals surface area contributed by atoms with E-state index < -0.39 is 20.5 Å². The van der Waals surface area contributed by atoms with Crippen molar-refractivity contribution in [2.24, 2.45) is 5.73 Å². The number of nitrogen functional groups attached to an aromatic ring is 1. The predicted octanol–water partition coefficient (Wildman–Crippen LogP) is -0.00220. The second-order valence-electron chi connectivity index (χ2n) is 4.91. The fourth-order valence-corrected chi connectivity index (χ4v) is 1.54. The molecule has 1 rings (SSSR count). The molecule has 0 aliphatic carbocycles. The van der Waals surface area contributed by atoms with Gasteiger partial charge >= 0.3 is 0 Å². The summed E-state index contributed by atoms with van der Waals surface area (Å²) in [6, 6.07) is 1.40. The van der Waals surface area contributed by atoms with Crippen molar-refractivity contribution in [3.05, 3.63) is 17.8 Å². The van der Waals surface area contributed by atoms with Gasteiger partial charge in [-0.1, -0.05) is 0 Å². The Balaban J connectivity index is 2.91. The third-order valence-corrected chi connectivity index (χ3v) is 5.05. The van der Waals surface area contributed by atoms with E-state index in [1.807, 2.05) is 0 Å². The molecule has 0 saturated carbocycles. The van der Waals surface area contributed by atoms with E-state index in [2.05, 4.69) is 10.3 Å². The number of rotatable bonds is 5. The van der Waals surface area contributed by atoms with E-state index in [9.17, 15) is 13.2 Å². The van der Waals surface area contributed by atoms with E-state index in [0.717, 1.165) is 0 Å². The van der Waals surface area contributed by atoms with Gasteiger partial charge in [0.2, 0.25) is 0 Å². The molecule has 5 N–H and O–H groups in total. The Morgan fingerprint density at radius 1 is 1.47 bits per heavy atom. The minimum atomic E-state index is -3.21. The minimum Gasteiger partial charge on any atom is -0.397 e. The molecule has 0 aliphatic rings. The molecule has 0 spiro atoms. The van der Waals surface area contributed by atoms with Gasteiger partial charge in [-0.15, -0.1) is 0 Å². The Labute approximate surface area is 112 Å². The average molecular weight is 286 g/mol. The molecule has 0 fully saturated rings. The maximum absolute atomic E-state index is 11.5. The molecule has 106 valence electrons. The number of carbonyl (C=O) groups is 1. The third-order valence-electron chi connectivity index (χ3n) is 2.90. The molecule has 7 nitrogen and oxygen atoms in total. The van der Waals surface area contributed by atoms with E-state index in [0.29, 0.717) is 5.82 Å². The fourth-order valence-electron chi connectivity index (χ4n) is 1.21. The summed E-state index contributed by atoms with van der Waals surface area (Å²) in [7, 11) is -3.21. The van der Waals surface area contributed by atoms with Gasteiger partial charge in [0, 0.05) is 12.8 Å². The van der Waals surface area contributed by atoms with Gasteiger partial charge in [0.15, 0.2) is 9.84 Å². The zero-order chi connectivity index (χ0) is 14.8. The maximum Gasteiger partial charge on any atom is 0.250 e. The number of anilines is 2. The highest BCUT2D eigenvalue weighted by molar-refractivity contribution is 7.92. The Morgan fingerprint density at radius 3 is 2.53 bits per heavy atom. The van der Waals surface area contributed by atoms with Crippen LogP contribution in [0, 0.1) is 0 Å². The Kier molecular flexibility index (Phi) is 4.04. The number of hydrogen-bond acceptors (Lipinski definition) is 6. The van der Waals surface area contributed by atoms with Gasteiger partial charge in [0.05, 0.1) is 22.2 Å². The van der Waals surface area contributed by atoms with Crippen molar-refractivity contribution < 1.29 is 13.2 Å². The predicted molar refractivity (Wildman–Crippen MR) is 74.6 cm³/mol. The lowest BCUT2D eigenvalue weighted by Gasteiger charge is -2.23. The van der Waals surface area contributed by atoms with Crippen LogP contribution in [0.15, 0.2) is 12.3 Å². The first kappa shape index (κ1) is 15.2. The van der Waals surface area contributed by atoms with E-state index in [4.69, 9.17) is 11.5 Å². The summed E-state index contributed by atoms with van der Waals surface area (Å²) in [6.07, 6.45) is 2.47. The molecule has 0 aromatic carbocycles. The van der Waals surface area contributed by atoms with Crippen LogP contribution >= 0.6 is 0 Å². The third kappa shape index (κ3) is 3.57. The molecular weight excluding hydrogens is 268 g/mol. The van der Waals surface area contributed by atoms with E-state index in [1.54, 1.807) is 13.8 Å². The normalized spacial score (nSPS) is 12.2. The molecule has 19 heavy (non-hydrogen) atoms. The van der Waals surface area contributed by atoms with Gasteiger partial charge in [-0.05, 0) is 19.9 Å². The molecule has 1 aromatic rings. The molecule has 8 heteroatoms. The van der Waals surface area contributed by atoms with Gasteiger partial charge in [-0.2, -0.15) is 0 Å². The number of nitrogens with zero attached hydrogens (tertiary/aromatic N) is 1. The number of sulfone groups is 1. The van der Waals surface area contributed by atoms with E-state index >= 15 is 0 Å². The zero-order valence-electron chi connectivity index (χ0n) is 11.1. The number of amides is 1. The molecule has 0 unspecified atom stereocenters. The molecule has 1 amide bonds. The smallest absolute Gasteiger partial charge is 0.250 e. The number of pyridine rings is 1. The Morgan fingerprint density at radius 2 is 2.05 bits per heavy atom. The maximum atomic E-state index is 11.5. The van der Waals surface area contributed by atoms with Gasteiger partial charge in [-0.25, -0.2) is 13.4 Å². The van der Waals surface area contributed by atoms with Gasteiger partial charge in [0.25, 0.3) is 5.91 Å². The van der Waals surface area contributed by atoms with Crippen molar-refractivity contribution >= 4 is 27.2 Å². The first-order valence-corrected chi connectivity index (χ1v) is 7.42. The quantitative estimate of drug-likeness (QED) is 0.698. The summed E-state index contributed by atoms with van der Waals surface area (Å²) >= 11 is 0. The minimum absolute atomic E-state index is 0.148. The average Bonchev–Trinajstić information content (AvgIpc) is 2.26. The van der Waals surface area contributed by atoms with E-state index in [-0.39, 0.29) is 17.8 Å². The van der Waals surface area contributed by atoms with Crippen LogP contribution in [0.5, 0.6) is 0 Å². The first-order valence-electron chi connectivity index (χ1n) is 5.53. The number of hydrogen-bond donors (Lipinski definition) is 3. The van der Waals surface area contributed by atoms with Gasteiger partial charge < -0.3 is 16.8 Å². The molecule has 1 heterocycles. The molecule has 0 atom stereocenters. The van der Waals surface area contributed by atoms with Crippen molar-refractivity contribution in [1.29, 1.82) is 0 Å². The Bertz CT molecular complexity index is 596. The highest BCUT2D eigenvalue weighted by Gasteiger charge is 2.30. The summed E-state index contributed by atoms with van der Waals surface area (Å²) in [5.74, 6) is -0.315. The molecule has 0 bridgehead atoms. The van der Waals surface area contributed by atoms with Crippen molar-refractivity contribution in [1.82, 2.24) is 4.98 Å². The van der Waals surface area contributed by atoms with Crippen LogP contribution in [0.1, 0.15) is 24.2 Å². The van der Waals surface area contributed by atoms with Crippen molar-refractivity contribution in [2.75, 3.05) is 23.9 Å².